The smallest absolute Gasteiger partial charge is 0.0412 e. The van der Waals surface area contributed by atoms with Gasteiger partial charge in [0.2, 0.25) is 0 Å². The van der Waals surface area contributed by atoms with Gasteiger partial charge in [-0.3, -0.25) is 0 Å². The Morgan fingerprint density at radius 2 is 1.04 bits per heavy atom. The van der Waals surface area contributed by atoms with Crippen LogP contribution in [0, 0.1) is 41.4 Å². The Balaban J connectivity index is 1.65. The van der Waals surface area contributed by atoms with Crippen LogP contribution in [-0.2, 0) is 0 Å². The highest BCUT2D eigenvalue weighted by Crippen LogP contribution is 2.38. The maximum atomic E-state index is 2.50. The number of rotatable bonds is 12. The molecule has 0 aliphatic heterocycles. The predicted octanol–water partition coefficient (Wildman–Crippen LogP) is 9.67. The molecule has 2 aliphatic carbocycles. The summed E-state index contributed by atoms with van der Waals surface area (Å²) in [4.78, 5) is 0. The van der Waals surface area contributed by atoms with E-state index in [0.29, 0.717) is 0 Å². The molecule has 0 spiro atoms. The van der Waals surface area contributed by atoms with Crippen molar-refractivity contribution in [1.29, 1.82) is 0 Å². The lowest BCUT2D eigenvalue weighted by Gasteiger charge is -2.33. The molecule has 0 bridgehead atoms. The Morgan fingerprint density at radius 1 is 0.571 bits per heavy atom. The molecule has 166 valence electrons. The van der Waals surface area contributed by atoms with Crippen LogP contribution < -0.4 is 0 Å². The quantitative estimate of drug-likeness (QED) is 0.291. The lowest BCUT2D eigenvalue weighted by atomic mass is 9.73. The number of hydrogen-bond donors (Lipinski definition) is 0. The van der Waals surface area contributed by atoms with Gasteiger partial charge in [0.1, 0.15) is 0 Å². The maximum absolute atomic E-state index is 2.50. The summed E-state index contributed by atoms with van der Waals surface area (Å²) in [5.74, 6) is 7.03. The summed E-state index contributed by atoms with van der Waals surface area (Å²) in [7, 11) is 0. The molecule has 0 heteroatoms. The van der Waals surface area contributed by atoms with Crippen LogP contribution in [0.1, 0.15) is 137 Å². The van der Waals surface area contributed by atoms with Crippen LogP contribution in [-0.4, -0.2) is 0 Å². The molecule has 0 amide bonds. The lowest BCUT2D eigenvalue weighted by molar-refractivity contribution is 0.189. The topological polar surface area (TPSA) is 0 Å². The zero-order chi connectivity index (χ0) is 20.4. The summed E-state index contributed by atoms with van der Waals surface area (Å²) in [5, 5.41) is 0. The van der Waals surface area contributed by atoms with Crippen LogP contribution in [0.2, 0.25) is 0 Å². The van der Waals surface area contributed by atoms with Gasteiger partial charge in [-0.15, -0.1) is 0 Å². The Labute approximate surface area is 179 Å². The zero-order valence-electron chi connectivity index (χ0n) is 20.4. The van der Waals surface area contributed by atoms with E-state index in [1.165, 1.54) is 103 Å². The first-order valence-corrected chi connectivity index (χ1v) is 13.5. The van der Waals surface area contributed by atoms with E-state index in [1.54, 1.807) is 0 Å². The fraction of sp³-hybridized carbons (Fsp3) is 1.00. The molecule has 6 unspecified atom stereocenters. The minimum atomic E-state index is 0.972. The largest absolute Gasteiger partial charge is 0.0654 e. The third-order valence-corrected chi connectivity index (χ3v) is 9.08. The number of unbranched alkanes of at least 4 members (excludes halogenated alkanes) is 2. The highest BCUT2D eigenvalue weighted by atomic mass is 14.3. The Hall–Kier alpha value is 0. The summed E-state index contributed by atoms with van der Waals surface area (Å²) >= 11 is 0. The van der Waals surface area contributed by atoms with Crippen molar-refractivity contribution in [2.45, 2.75) is 137 Å². The predicted molar refractivity (Wildman–Crippen MR) is 127 cm³/mol. The van der Waals surface area contributed by atoms with Crippen LogP contribution in [0.25, 0.3) is 0 Å². The fourth-order valence-corrected chi connectivity index (χ4v) is 6.35. The molecule has 28 heavy (non-hydrogen) atoms. The molecule has 0 radical (unpaired) electrons. The van der Waals surface area contributed by atoms with Gasteiger partial charge in [-0.25, -0.2) is 0 Å². The molecule has 0 aromatic rings. The van der Waals surface area contributed by atoms with Crippen molar-refractivity contribution in [2.24, 2.45) is 41.4 Å². The summed E-state index contributed by atoms with van der Waals surface area (Å²) in [6, 6.07) is 0. The average molecular weight is 391 g/mol. The highest BCUT2D eigenvalue weighted by molar-refractivity contribution is 4.77. The number of hydrogen-bond acceptors (Lipinski definition) is 0. The van der Waals surface area contributed by atoms with Gasteiger partial charge in [0.25, 0.3) is 0 Å². The standard InChI is InChI=1S/C28H54/c1-6-7-8-11-26(12-9-14-27-18-16-22(2)24(4)20-27)13-10-15-28-19-17-23(3)25(5)21-28/h22-28H,6-21H2,1-5H3. The maximum Gasteiger partial charge on any atom is -0.0412 e. The molecular formula is C28H54. The average Bonchev–Trinajstić information content (AvgIpc) is 2.67. The van der Waals surface area contributed by atoms with Crippen molar-refractivity contribution < 1.29 is 0 Å². The third kappa shape index (κ3) is 8.79. The first-order chi connectivity index (χ1) is 13.5. The Morgan fingerprint density at radius 3 is 1.46 bits per heavy atom. The van der Waals surface area contributed by atoms with E-state index < -0.39 is 0 Å². The molecule has 2 aliphatic rings. The van der Waals surface area contributed by atoms with Gasteiger partial charge in [-0.05, 0) is 54.3 Å². The summed E-state index contributed by atoms with van der Waals surface area (Å²) in [5.41, 5.74) is 0. The first kappa shape index (κ1) is 24.3. The summed E-state index contributed by atoms with van der Waals surface area (Å²) in [6.07, 6.45) is 24.0. The minimum Gasteiger partial charge on any atom is -0.0654 e. The van der Waals surface area contributed by atoms with Gasteiger partial charge in [0.05, 0.1) is 0 Å². The molecular weight excluding hydrogens is 336 g/mol. The van der Waals surface area contributed by atoms with Gasteiger partial charge in [-0.1, -0.05) is 125 Å². The van der Waals surface area contributed by atoms with Crippen molar-refractivity contribution in [3.63, 3.8) is 0 Å². The van der Waals surface area contributed by atoms with Crippen molar-refractivity contribution in [2.75, 3.05) is 0 Å². The second-order valence-corrected chi connectivity index (χ2v) is 11.5. The molecule has 2 fully saturated rings. The van der Waals surface area contributed by atoms with E-state index >= 15 is 0 Å². The SMILES string of the molecule is CCCCCC(CCCC1CCC(C)C(C)C1)CCCC1CCC(C)C(C)C1. The van der Waals surface area contributed by atoms with Gasteiger partial charge in [-0.2, -0.15) is 0 Å². The van der Waals surface area contributed by atoms with Crippen LogP contribution in [0.4, 0.5) is 0 Å². The van der Waals surface area contributed by atoms with Gasteiger partial charge >= 0.3 is 0 Å². The van der Waals surface area contributed by atoms with Crippen molar-refractivity contribution in [3.8, 4) is 0 Å². The molecule has 0 saturated heterocycles. The van der Waals surface area contributed by atoms with E-state index in [4.69, 9.17) is 0 Å². The highest BCUT2D eigenvalue weighted by Gasteiger charge is 2.25. The molecule has 0 aromatic heterocycles. The molecule has 2 rings (SSSR count). The van der Waals surface area contributed by atoms with Crippen LogP contribution >= 0.6 is 0 Å². The summed E-state index contributed by atoms with van der Waals surface area (Å²) in [6.45, 7) is 12.3. The van der Waals surface area contributed by atoms with Crippen molar-refractivity contribution >= 4 is 0 Å². The molecule has 0 nitrogen and oxygen atoms in total. The second kappa shape index (κ2) is 13.3. The Bertz CT molecular complexity index is 353. The van der Waals surface area contributed by atoms with E-state index in [2.05, 4.69) is 34.6 Å². The molecule has 0 heterocycles. The van der Waals surface area contributed by atoms with Crippen LogP contribution in [0.3, 0.4) is 0 Å². The second-order valence-electron chi connectivity index (χ2n) is 11.5. The van der Waals surface area contributed by atoms with E-state index in [0.717, 1.165) is 41.4 Å². The van der Waals surface area contributed by atoms with Crippen molar-refractivity contribution in [3.05, 3.63) is 0 Å². The lowest BCUT2D eigenvalue weighted by Crippen LogP contribution is -2.21. The van der Waals surface area contributed by atoms with E-state index in [-0.39, 0.29) is 0 Å². The molecule has 2 saturated carbocycles. The Kier molecular flexibility index (Phi) is 11.6. The normalized spacial score (nSPS) is 35.0. The van der Waals surface area contributed by atoms with Crippen molar-refractivity contribution in [1.82, 2.24) is 0 Å². The van der Waals surface area contributed by atoms with Gasteiger partial charge < -0.3 is 0 Å². The monoisotopic (exact) mass is 390 g/mol. The third-order valence-electron chi connectivity index (χ3n) is 9.08. The molecule has 6 atom stereocenters. The van der Waals surface area contributed by atoms with Gasteiger partial charge in [0, 0.05) is 0 Å². The summed E-state index contributed by atoms with van der Waals surface area (Å²) < 4.78 is 0. The van der Waals surface area contributed by atoms with Crippen LogP contribution in [0.15, 0.2) is 0 Å². The van der Waals surface area contributed by atoms with E-state index in [9.17, 15) is 0 Å². The zero-order valence-corrected chi connectivity index (χ0v) is 20.4. The van der Waals surface area contributed by atoms with Crippen LogP contribution in [0.5, 0.6) is 0 Å². The first-order valence-electron chi connectivity index (χ1n) is 13.5. The molecule has 0 aromatic carbocycles. The fourth-order valence-electron chi connectivity index (χ4n) is 6.35. The minimum absolute atomic E-state index is 0.972. The van der Waals surface area contributed by atoms with Gasteiger partial charge in [0.15, 0.2) is 0 Å². The molecule has 0 N–H and O–H groups in total. The van der Waals surface area contributed by atoms with E-state index in [1.807, 2.05) is 0 Å².